The molecule has 0 fully saturated rings. The zero-order valence-corrected chi connectivity index (χ0v) is 21.6. The highest BCUT2D eigenvalue weighted by molar-refractivity contribution is 5.91. The standard InChI is InChI=1S/C31H41NO2/c1-24(2)11-8-12-25(3)13-9-14-26(4)15-10-16-27(5)21-22-34-31(33)32-30-20-19-28-17-6-7-18-29(28)23-30/h6-7,11,13,15,17-21,23H,8-10,12,14,16,22H2,1-5H3,(H,32,33)/b25-13+,26-15+,27-21+. The summed E-state index contributed by atoms with van der Waals surface area (Å²) in [6.45, 7) is 11.1. The van der Waals surface area contributed by atoms with Gasteiger partial charge in [-0.05, 0) is 102 Å². The molecule has 0 spiro atoms. The zero-order valence-electron chi connectivity index (χ0n) is 21.6. The van der Waals surface area contributed by atoms with Gasteiger partial charge in [-0.1, -0.05) is 70.9 Å². The maximum atomic E-state index is 12.1. The van der Waals surface area contributed by atoms with Crippen LogP contribution in [0.2, 0.25) is 0 Å². The van der Waals surface area contributed by atoms with Crippen LogP contribution < -0.4 is 5.32 Å². The Bertz CT molecular complexity index is 1050. The minimum absolute atomic E-state index is 0.283. The number of carbonyl (C=O) groups excluding carboxylic acids is 1. The predicted molar refractivity (Wildman–Crippen MR) is 147 cm³/mol. The first-order chi connectivity index (χ1) is 16.3. The Morgan fingerprint density at radius 2 is 1.29 bits per heavy atom. The van der Waals surface area contributed by atoms with Gasteiger partial charge in [0.1, 0.15) is 6.61 Å². The van der Waals surface area contributed by atoms with Gasteiger partial charge in [0.25, 0.3) is 0 Å². The molecule has 3 nitrogen and oxygen atoms in total. The summed E-state index contributed by atoms with van der Waals surface area (Å²) in [7, 11) is 0. The molecule has 0 aliphatic heterocycles. The topological polar surface area (TPSA) is 38.3 Å². The summed E-state index contributed by atoms with van der Waals surface area (Å²) in [6.07, 6.45) is 15.1. The smallest absolute Gasteiger partial charge is 0.411 e. The fourth-order valence-corrected chi connectivity index (χ4v) is 3.67. The SMILES string of the molecule is CC(C)=CCC/C(C)=C/CC/C(C)=C/CC/C(C)=C/COC(=O)Nc1ccc2ccccc2c1. The average molecular weight is 460 g/mol. The molecule has 0 atom stereocenters. The minimum atomic E-state index is -0.431. The van der Waals surface area contributed by atoms with Crippen LogP contribution in [0.3, 0.4) is 0 Å². The highest BCUT2D eigenvalue weighted by atomic mass is 16.5. The number of rotatable bonds is 12. The van der Waals surface area contributed by atoms with Gasteiger partial charge in [0.2, 0.25) is 0 Å². The Balaban J connectivity index is 1.65. The Labute approximate surface area is 206 Å². The van der Waals surface area contributed by atoms with Gasteiger partial charge in [-0.3, -0.25) is 5.32 Å². The maximum Gasteiger partial charge on any atom is 0.411 e. The van der Waals surface area contributed by atoms with E-state index >= 15 is 0 Å². The molecule has 0 bridgehead atoms. The largest absolute Gasteiger partial charge is 0.445 e. The van der Waals surface area contributed by atoms with Crippen LogP contribution in [0.15, 0.2) is 89.1 Å². The second-order valence-corrected chi connectivity index (χ2v) is 9.33. The van der Waals surface area contributed by atoms with Crippen molar-refractivity contribution in [2.24, 2.45) is 0 Å². The predicted octanol–water partition coefficient (Wildman–Crippen LogP) is 9.53. The zero-order chi connectivity index (χ0) is 24.8. The van der Waals surface area contributed by atoms with Crippen LogP contribution in [0, 0.1) is 0 Å². The van der Waals surface area contributed by atoms with E-state index in [1.807, 2.05) is 48.5 Å². The van der Waals surface area contributed by atoms with Crippen molar-refractivity contribution in [3.05, 3.63) is 89.1 Å². The molecule has 3 heteroatoms. The third-order valence-corrected chi connectivity index (χ3v) is 5.80. The van der Waals surface area contributed by atoms with Crippen LogP contribution in [0.25, 0.3) is 10.8 Å². The third kappa shape index (κ3) is 11.2. The van der Waals surface area contributed by atoms with E-state index in [4.69, 9.17) is 4.74 Å². The summed E-state index contributed by atoms with van der Waals surface area (Å²) in [4.78, 5) is 12.1. The Kier molecular flexibility index (Phi) is 12.0. The fraction of sp³-hybridized carbons (Fsp3) is 0.387. The number of amides is 1. The summed E-state index contributed by atoms with van der Waals surface area (Å²) >= 11 is 0. The number of ether oxygens (including phenoxy) is 1. The maximum absolute atomic E-state index is 12.1. The Morgan fingerprint density at radius 3 is 1.91 bits per heavy atom. The van der Waals surface area contributed by atoms with Crippen LogP contribution >= 0.6 is 0 Å². The number of hydrogen-bond donors (Lipinski definition) is 1. The van der Waals surface area contributed by atoms with E-state index in [1.165, 1.54) is 22.3 Å². The van der Waals surface area contributed by atoms with Crippen molar-refractivity contribution < 1.29 is 9.53 Å². The molecule has 2 aromatic rings. The van der Waals surface area contributed by atoms with Crippen LogP contribution in [0.4, 0.5) is 10.5 Å². The van der Waals surface area contributed by atoms with Crippen LogP contribution in [-0.4, -0.2) is 12.7 Å². The summed E-state index contributed by atoms with van der Waals surface area (Å²) in [5, 5.41) is 5.03. The summed E-state index contributed by atoms with van der Waals surface area (Å²) in [5.41, 5.74) is 6.29. The molecule has 0 aromatic heterocycles. The van der Waals surface area contributed by atoms with Crippen molar-refractivity contribution in [2.75, 3.05) is 11.9 Å². The number of anilines is 1. The molecule has 0 radical (unpaired) electrons. The summed E-state index contributed by atoms with van der Waals surface area (Å²) < 4.78 is 5.32. The molecular weight excluding hydrogens is 418 g/mol. The molecule has 1 N–H and O–H groups in total. The number of benzene rings is 2. The lowest BCUT2D eigenvalue weighted by atomic mass is 10.0. The summed E-state index contributed by atoms with van der Waals surface area (Å²) in [5.74, 6) is 0. The molecule has 0 aliphatic carbocycles. The highest BCUT2D eigenvalue weighted by Gasteiger charge is 2.03. The number of nitrogens with one attached hydrogen (secondary N) is 1. The molecule has 0 aliphatic rings. The van der Waals surface area contributed by atoms with Crippen LogP contribution in [0.1, 0.15) is 73.1 Å². The van der Waals surface area contributed by atoms with E-state index in [-0.39, 0.29) is 6.61 Å². The van der Waals surface area contributed by atoms with Gasteiger partial charge in [-0.15, -0.1) is 0 Å². The molecule has 0 heterocycles. The first kappa shape index (κ1) is 27.2. The molecule has 0 saturated carbocycles. The Hall–Kier alpha value is -3.07. The Morgan fingerprint density at radius 1 is 0.735 bits per heavy atom. The first-order valence-corrected chi connectivity index (χ1v) is 12.4. The van der Waals surface area contributed by atoms with Gasteiger partial charge in [-0.2, -0.15) is 0 Å². The van der Waals surface area contributed by atoms with Crippen molar-refractivity contribution in [2.45, 2.75) is 73.1 Å². The third-order valence-electron chi connectivity index (χ3n) is 5.80. The van der Waals surface area contributed by atoms with Crippen LogP contribution in [-0.2, 0) is 4.74 Å². The molecule has 0 saturated heterocycles. The minimum Gasteiger partial charge on any atom is -0.445 e. The van der Waals surface area contributed by atoms with Crippen molar-refractivity contribution in [3.8, 4) is 0 Å². The number of fused-ring (bicyclic) bond motifs is 1. The molecule has 0 unspecified atom stereocenters. The van der Waals surface area contributed by atoms with E-state index in [2.05, 4.69) is 58.2 Å². The van der Waals surface area contributed by atoms with Gasteiger partial charge in [-0.25, -0.2) is 4.79 Å². The molecule has 2 aromatic carbocycles. The van der Waals surface area contributed by atoms with Gasteiger partial charge >= 0.3 is 6.09 Å². The summed E-state index contributed by atoms with van der Waals surface area (Å²) in [6, 6.07) is 13.9. The second-order valence-electron chi connectivity index (χ2n) is 9.33. The average Bonchev–Trinajstić information content (AvgIpc) is 2.78. The first-order valence-electron chi connectivity index (χ1n) is 12.4. The van der Waals surface area contributed by atoms with Crippen LogP contribution in [0.5, 0.6) is 0 Å². The highest BCUT2D eigenvalue weighted by Crippen LogP contribution is 2.19. The lowest BCUT2D eigenvalue weighted by Crippen LogP contribution is -2.13. The van der Waals surface area contributed by atoms with Crippen molar-refractivity contribution >= 4 is 22.6 Å². The monoisotopic (exact) mass is 459 g/mol. The van der Waals surface area contributed by atoms with Gasteiger partial charge in [0.05, 0.1) is 0 Å². The van der Waals surface area contributed by atoms with Gasteiger partial charge < -0.3 is 4.74 Å². The van der Waals surface area contributed by atoms with Crippen molar-refractivity contribution in [1.82, 2.24) is 0 Å². The fourth-order valence-electron chi connectivity index (χ4n) is 3.67. The van der Waals surface area contributed by atoms with E-state index in [1.54, 1.807) is 0 Å². The van der Waals surface area contributed by atoms with Crippen molar-refractivity contribution in [3.63, 3.8) is 0 Å². The molecule has 2 rings (SSSR count). The molecule has 34 heavy (non-hydrogen) atoms. The number of carbonyl (C=O) groups is 1. The van der Waals surface area contributed by atoms with E-state index in [0.29, 0.717) is 0 Å². The van der Waals surface area contributed by atoms with E-state index in [0.717, 1.165) is 55.0 Å². The second kappa shape index (κ2) is 15.0. The lowest BCUT2D eigenvalue weighted by Gasteiger charge is -2.07. The van der Waals surface area contributed by atoms with Gasteiger partial charge in [0.15, 0.2) is 0 Å². The number of allylic oxidation sites excluding steroid dienone is 7. The normalized spacial score (nSPS) is 12.6. The number of hydrogen-bond acceptors (Lipinski definition) is 2. The van der Waals surface area contributed by atoms with Crippen molar-refractivity contribution in [1.29, 1.82) is 0 Å². The molecule has 182 valence electrons. The van der Waals surface area contributed by atoms with Gasteiger partial charge in [0, 0.05) is 5.69 Å². The molecule has 1 amide bonds. The van der Waals surface area contributed by atoms with E-state index in [9.17, 15) is 4.79 Å². The van der Waals surface area contributed by atoms with E-state index < -0.39 is 6.09 Å². The molecular formula is C31H41NO2. The quantitative estimate of drug-likeness (QED) is 0.321. The lowest BCUT2D eigenvalue weighted by molar-refractivity contribution is 0.174.